The summed E-state index contributed by atoms with van der Waals surface area (Å²) in [5.41, 5.74) is 5.73. The molecule has 1 saturated heterocycles. The van der Waals surface area contributed by atoms with Gasteiger partial charge in [-0.1, -0.05) is 18.5 Å². The summed E-state index contributed by atoms with van der Waals surface area (Å²) in [5, 5.41) is 0.479. The molecule has 2 amide bonds. The summed E-state index contributed by atoms with van der Waals surface area (Å²) in [6.07, 6.45) is 1.45. The summed E-state index contributed by atoms with van der Waals surface area (Å²) >= 11 is 5.98. The molecule has 1 aliphatic heterocycles. The van der Waals surface area contributed by atoms with Gasteiger partial charge in [-0.25, -0.2) is 0 Å². The van der Waals surface area contributed by atoms with Gasteiger partial charge in [-0.2, -0.15) is 0 Å². The zero-order valence-electron chi connectivity index (χ0n) is 12.0. The molecule has 1 aromatic rings. The summed E-state index contributed by atoms with van der Waals surface area (Å²) in [6.45, 7) is 3.40. The number of hydrogen-bond acceptors (Lipinski definition) is 3. The van der Waals surface area contributed by atoms with Crippen molar-refractivity contribution in [2.24, 2.45) is 11.7 Å². The predicted molar refractivity (Wildman–Crippen MR) is 80.4 cm³/mol. The summed E-state index contributed by atoms with van der Waals surface area (Å²) in [6, 6.07) is 5.00. The van der Waals surface area contributed by atoms with Crippen molar-refractivity contribution in [3.8, 4) is 5.75 Å². The van der Waals surface area contributed by atoms with Crippen LogP contribution in [0.4, 0.5) is 0 Å². The number of carbonyl (C=O) groups excluding carboxylic acids is 2. The van der Waals surface area contributed by atoms with Crippen LogP contribution in [0.3, 0.4) is 0 Å². The summed E-state index contributed by atoms with van der Waals surface area (Å²) in [4.78, 5) is 25.4. The highest BCUT2D eigenvalue weighted by atomic mass is 35.5. The van der Waals surface area contributed by atoms with Gasteiger partial charge in [0.2, 0.25) is 5.91 Å². The fraction of sp³-hybridized carbons (Fsp3) is 0.467. The Morgan fingerprint density at radius 3 is 2.86 bits per heavy atom. The number of hydrogen-bond donors (Lipinski definition) is 1. The average molecular weight is 311 g/mol. The maximum absolute atomic E-state index is 12.6. The van der Waals surface area contributed by atoms with Gasteiger partial charge in [-0.05, 0) is 31.0 Å². The SMILES string of the molecule is CCCOc1ccc(Cl)cc1C(=O)N1CC[C@H](C(N)=O)C1. The first-order chi connectivity index (χ1) is 10.0. The van der Waals surface area contributed by atoms with Gasteiger partial charge in [-0.3, -0.25) is 9.59 Å². The van der Waals surface area contributed by atoms with Gasteiger partial charge in [0.25, 0.3) is 5.91 Å². The van der Waals surface area contributed by atoms with Crippen LogP contribution in [0, 0.1) is 5.92 Å². The number of rotatable bonds is 5. The van der Waals surface area contributed by atoms with Gasteiger partial charge in [0, 0.05) is 18.1 Å². The molecule has 0 aliphatic carbocycles. The van der Waals surface area contributed by atoms with E-state index >= 15 is 0 Å². The average Bonchev–Trinajstić information content (AvgIpc) is 2.95. The van der Waals surface area contributed by atoms with Gasteiger partial charge in [0.05, 0.1) is 18.1 Å². The Balaban J connectivity index is 2.18. The van der Waals surface area contributed by atoms with E-state index < -0.39 is 0 Å². The van der Waals surface area contributed by atoms with E-state index in [2.05, 4.69) is 0 Å². The Hall–Kier alpha value is -1.75. The Bertz CT molecular complexity index is 548. The smallest absolute Gasteiger partial charge is 0.257 e. The van der Waals surface area contributed by atoms with Crippen molar-refractivity contribution in [1.29, 1.82) is 0 Å². The van der Waals surface area contributed by atoms with Crippen LogP contribution >= 0.6 is 11.6 Å². The lowest BCUT2D eigenvalue weighted by Gasteiger charge is -2.18. The van der Waals surface area contributed by atoms with E-state index in [1.54, 1.807) is 23.1 Å². The fourth-order valence-electron chi connectivity index (χ4n) is 2.35. The second-order valence-corrected chi connectivity index (χ2v) is 5.56. The third-order valence-corrected chi connectivity index (χ3v) is 3.75. The number of nitrogens with two attached hydrogens (primary N) is 1. The first-order valence-corrected chi connectivity index (χ1v) is 7.41. The van der Waals surface area contributed by atoms with Crippen molar-refractivity contribution in [1.82, 2.24) is 4.90 Å². The molecule has 1 atom stereocenters. The minimum atomic E-state index is -0.362. The maximum atomic E-state index is 12.6. The van der Waals surface area contributed by atoms with Crippen LogP contribution in [0.5, 0.6) is 5.75 Å². The van der Waals surface area contributed by atoms with Crippen LogP contribution in [0.2, 0.25) is 5.02 Å². The predicted octanol–water partition coefficient (Wildman–Crippen LogP) is 2.08. The van der Waals surface area contributed by atoms with E-state index in [1.807, 2.05) is 6.92 Å². The molecule has 21 heavy (non-hydrogen) atoms. The van der Waals surface area contributed by atoms with E-state index in [4.69, 9.17) is 22.1 Å². The van der Waals surface area contributed by atoms with E-state index in [1.165, 1.54) is 0 Å². The van der Waals surface area contributed by atoms with Crippen LogP contribution in [0.1, 0.15) is 30.1 Å². The fourth-order valence-corrected chi connectivity index (χ4v) is 2.53. The summed E-state index contributed by atoms with van der Waals surface area (Å²) in [7, 11) is 0. The summed E-state index contributed by atoms with van der Waals surface area (Å²) in [5.74, 6) is -0.284. The number of primary amides is 1. The van der Waals surface area contributed by atoms with Crippen LogP contribution in [-0.4, -0.2) is 36.4 Å². The zero-order valence-corrected chi connectivity index (χ0v) is 12.7. The number of benzene rings is 1. The topological polar surface area (TPSA) is 72.6 Å². The molecule has 0 bridgehead atoms. The first-order valence-electron chi connectivity index (χ1n) is 7.04. The molecule has 1 aromatic carbocycles. The number of halogens is 1. The van der Waals surface area contributed by atoms with Gasteiger partial charge < -0.3 is 15.4 Å². The van der Waals surface area contributed by atoms with Crippen molar-refractivity contribution in [3.05, 3.63) is 28.8 Å². The van der Waals surface area contributed by atoms with Crippen molar-refractivity contribution >= 4 is 23.4 Å². The van der Waals surface area contributed by atoms with Gasteiger partial charge in [0.1, 0.15) is 5.75 Å². The van der Waals surface area contributed by atoms with Crippen molar-refractivity contribution in [3.63, 3.8) is 0 Å². The third-order valence-electron chi connectivity index (χ3n) is 3.51. The van der Waals surface area contributed by atoms with Crippen LogP contribution in [-0.2, 0) is 4.79 Å². The van der Waals surface area contributed by atoms with Crippen LogP contribution < -0.4 is 10.5 Å². The number of amides is 2. The van der Waals surface area contributed by atoms with E-state index in [-0.39, 0.29) is 17.7 Å². The minimum Gasteiger partial charge on any atom is -0.493 e. The molecule has 1 heterocycles. The molecule has 0 aromatic heterocycles. The molecule has 5 nitrogen and oxygen atoms in total. The molecule has 6 heteroatoms. The quantitative estimate of drug-likeness (QED) is 0.905. The number of carbonyl (C=O) groups is 2. The van der Waals surface area contributed by atoms with Gasteiger partial charge in [-0.15, -0.1) is 0 Å². The van der Waals surface area contributed by atoms with Crippen LogP contribution in [0.25, 0.3) is 0 Å². The number of likely N-dealkylation sites (tertiary alicyclic amines) is 1. The van der Waals surface area contributed by atoms with Crippen molar-refractivity contribution < 1.29 is 14.3 Å². The first kappa shape index (κ1) is 15.6. The number of ether oxygens (including phenoxy) is 1. The third kappa shape index (κ3) is 3.67. The molecule has 0 saturated carbocycles. The highest BCUT2D eigenvalue weighted by molar-refractivity contribution is 6.31. The van der Waals surface area contributed by atoms with Crippen molar-refractivity contribution in [2.45, 2.75) is 19.8 Å². The zero-order chi connectivity index (χ0) is 15.4. The number of nitrogens with zero attached hydrogens (tertiary/aromatic N) is 1. The van der Waals surface area contributed by atoms with Crippen molar-refractivity contribution in [2.75, 3.05) is 19.7 Å². The second-order valence-electron chi connectivity index (χ2n) is 5.13. The largest absolute Gasteiger partial charge is 0.493 e. The maximum Gasteiger partial charge on any atom is 0.257 e. The molecule has 2 N–H and O–H groups in total. The molecular formula is C15H19ClN2O3. The summed E-state index contributed by atoms with van der Waals surface area (Å²) < 4.78 is 5.60. The van der Waals surface area contributed by atoms with E-state index in [0.29, 0.717) is 42.5 Å². The normalized spacial score (nSPS) is 17.8. The van der Waals surface area contributed by atoms with E-state index in [0.717, 1.165) is 6.42 Å². The Morgan fingerprint density at radius 2 is 2.24 bits per heavy atom. The monoisotopic (exact) mass is 310 g/mol. The molecule has 0 unspecified atom stereocenters. The molecular weight excluding hydrogens is 292 g/mol. The Morgan fingerprint density at radius 1 is 1.48 bits per heavy atom. The van der Waals surface area contributed by atoms with E-state index in [9.17, 15) is 9.59 Å². The van der Waals surface area contributed by atoms with Crippen LogP contribution in [0.15, 0.2) is 18.2 Å². The Kier molecular flexibility index (Phi) is 5.07. The lowest BCUT2D eigenvalue weighted by atomic mass is 10.1. The lowest BCUT2D eigenvalue weighted by Crippen LogP contribution is -2.32. The molecule has 114 valence electrons. The highest BCUT2D eigenvalue weighted by Crippen LogP contribution is 2.27. The molecule has 1 aliphatic rings. The standard InChI is InChI=1S/C15H19ClN2O3/c1-2-7-21-13-4-3-11(16)8-12(13)15(20)18-6-5-10(9-18)14(17)19/h3-4,8,10H,2,5-7,9H2,1H3,(H2,17,19)/t10-/m0/s1. The Labute approximate surface area is 129 Å². The molecule has 0 radical (unpaired) electrons. The van der Waals surface area contributed by atoms with Gasteiger partial charge >= 0.3 is 0 Å². The minimum absolute atomic E-state index is 0.174. The van der Waals surface area contributed by atoms with Gasteiger partial charge in [0.15, 0.2) is 0 Å². The highest BCUT2D eigenvalue weighted by Gasteiger charge is 2.31. The molecule has 1 fully saturated rings. The molecule has 0 spiro atoms. The lowest BCUT2D eigenvalue weighted by molar-refractivity contribution is -0.121. The molecule has 2 rings (SSSR count). The second kappa shape index (κ2) is 6.80.